The number of halogens is 2. The van der Waals surface area contributed by atoms with Crippen molar-refractivity contribution in [2.75, 3.05) is 0 Å². The lowest BCUT2D eigenvalue weighted by atomic mass is 9.93. The van der Waals surface area contributed by atoms with Crippen LogP contribution in [0.1, 0.15) is 36.6 Å². The molecule has 0 aliphatic rings. The standard InChI is InChI=1S/C17H19F2NO3S/c1-10(2)15-8-12(5-6-13(15)9-24(21)22)14-7-4-11(3)20-16(14)23-17(18)19/h4-8,10,17H,9H2,1-3H3,(H,21,22). The molecule has 1 atom stereocenters. The van der Waals surface area contributed by atoms with Crippen LogP contribution in [0.4, 0.5) is 8.78 Å². The average Bonchev–Trinajstić information content (AvgIpc) is 2.46. The molecule has 0 fully saturated rings. The summed E-state index contributed by atoms with van der Waals surface area (Å²) >= 11 is -1.95. The van der Waals surface area contributed by atoms with Crippen LogP contribution >= 0.6 is 0 Å². The van der Waals surface area contributed by atoms with E-state index < -0.39 is 17.7 Å². The van der Waals surface area contributed by atoms with E-state index in [9.17, 15) is 13.0 Å². The van der Waals surface area contributed by atoms with E-state index in [1.54, 1.807) is 31.2 Å². The molecule has 24 heavy (non-hydrogen) atoms. The van der Waals surface area contributed by atoms with Crippen LogP contribution in [0.25, 0.3) is 11.1 Å². The predicted octanol–water partition coefficient (Wildman–Crippen LogP) is 4.50. The van der Waals surface area contributed by atoms with E-state index >= 15 is 0 Å². The van der Waals surface area contributed by atoms with Gasteiger partial charge in [0.25, 0.3) is 0 Å². The molecule has 2 rings (SSSR count). The van der Waals surface area contributed by atoms with Crippen molar-refractivity contribution in [3.8, 4) is 17.0 Å². The van der Waals surface area contributed by atoms with Gasteiger partial charge < -0.3 is 9.29 Å². The monoisotopic (exact) mass is 355 g/mol. The van der Waals surface area contributed by atoms with Crippen LogP contribution in [-0.2, 0) is 16.8 Å². The van der Waals surface area contributed by atoms with Crippen LogP contribution in [-0.4, -0.2) is 20.4 Å². The van der Waals surface area contributed by atoms with E-state index in [1.807, 2.05) is 19.9 Å². The Balaban J connectivity index is 2.53. The van der Waals surface area contributed by atoms with Gasteiger partial charge in [-0.25, -0.2) is 9.19 Å². The summed E-state index contributed by atoms with van der Waals surface area (Å²) in [6.07, 6.45) is 0. The van der Waals surface area contributed by atoms with Crippen LogP contribution in [0.15, 0.2) is 30.3 Å². The molecule has 0 saturated heterocycles. The topological polar surface area (TPSA) is 59.4 Å². The van der Waals surface area contributed by atoms with E-state index in [2.05, 4.69) is 9.72 Å². The number of rotatable bonds is 6. The summed E-state index contributed by atoms with van der Waals surface area (Å²) < 4.78 is 50.1. The fourth-order valence-corrected chi connectivity index (χ4v) is 3.02. The number of nitrogens with zero attached hydrogens (tertiary/aromatic N) is 1. The normalized spacial score (nSPS) is 12.7. The largest absolute Gasteiger partial charge is 0.416 e. The second kappa shape index (κ2) is 7.81. The quantitative estimate of drug-likeness (QED) is 0.775. The van der Waals surface area contributed by atoms with E-state index in [-0.39, 0.29) is 17.6 Å². The first kappa shape index (κ1) is 18.5. The molecule has 1 unspecified atom stereocenters. The second-order valence-corrected chi connectivity index (χ2v) is 6.65. The summed E-state index contributed by atoms with van der Waals surface area (Å²) in [5.74, 6) is 0.0138. The predicted molar refractivity (Wildman–Crippen MR) is 89.6 cm³/mol. The fraction of sp³-hybridized carbons (Fsp3) is 0.353. The van der Waals surface area contributed by atoms with Crippen molar-refractivity contribution in [3.05, 3.63) is 47.2 Å². The van der Waals surface area contributed by atoms with Crippen molar-refractivity contribution in [3.63, 3.8) is 0 Å². The first-order chi connectivity index (χ1) is 11.3. The zero-order chi connectivity index (χ0) is 17.9. The zero-order valence-electron chi connectivity index (χ0n) is 13.6. The third kappa shape index (κ3) is 4.58. The van der Waals surface area contributed by atoms with Gasteiger partial charge in [0.15, 0.2) is 11.1 Å². The highest BCUT2D eigenvalue weighted by Gasteiger charge is 2.16. The number of hydrogen-bond donors (Lipinski definition) is 1. The molecule has 0 amide bonds. The first-order valence-electron chi connectivity index (χ1n) is 7.41. The Hall–Kier alpha value is -1.86. The van der Waals surface area contributed by atoms with Gasteiger partial charge in [0.1, 0.15) is 0 Å². The molecule has 2 aromatic rings. The Morgan fingerprint density at radius 1 is 1.25 bits per heavy atom. The number of alkyl halides is 2. The van der Waals surface area contributed by atoms with Gasteiger partial charge >= 0.3 is 6.61 Å². The fourth-order valence-electron chi connectivity index (χ4n) is 2.49. The minimum atomic E-state index is -2.96. The van der Waals surface area contributed by atoms with E-state index in [0.717, 1.165) is 11.1 Å². The minimum Gasteiger partial charge on any atom is -0.416 e. The third-order valence-electron chi connectivity index (χ3n) is 3.56. The molecule has 130 valence electrons. The van der Waals surface area contributed by atoms with Crippen LogP contribution in [0, 0.1) is 6.92 Å². The van der Waals surface area contributed by atoms with Gasteiger partial charge in [-0.2, -0.15) is 8.78 Å². The van der Waals surface area contributed by atoms with Gasteiger partial charge in [0.05, 0.1) is 5.75 Å². The van der Waals surface area contributed by atoms with Crippen molar-refractivity contribution in [2.24, 2.45) is 0 Å². The number of ether oxygens (including phenoxy) is 1. The number of pyridine rings is 1. The number of hydrogen-bond acceptors (Lipinski definition) is 3. The van der Waals surface area contributed by atoms with Gasteiger partial charge in [0.2, 0.25) is 5.88 Å². The summed E-state index contributed by atoms with van der Waals surface area (Å²) in [7, 11) is 0. The molecule has 0 spiro atoms. The highest BCUT2D eigenvalue weighted by Crippen LogP contribution is 2.33. The smallest absolute Gasteiger partial charge is 0.388 e. The van der Waals surface area contributed by atoms with Crippen molar-refractivity contribution < 1.29 is 22.3 Å². The van der Waals surface area contributed by atoms with Gasteiger partial charge in [-0.15, -0.1) is 0 Å². The molecule has 1 aromatic heterocycles. The Morgan fingerprint density at radius 3 is 2.54 bits per heavy atom. The van der Waals surface area contributed by atoms with Gasteiger partial charge in [-0.05, 0) is 41.7 Å². The molecule has 7 heteroatoms. The molecule has 0 bridgehead atoms. The Morgan fingerprint density at radius 2 is 1.96 bits per heavy atom. The summed E-state index contributed by atoms with van der Waals surface area (Å²) in [6.45, 7) is 2.67. The SMILES string of the molecule is Cc1ccc(-c2ccc(CS(=O)O)c(C(C)C)c2)c(OC(F)F)n1. The summed E-state index contributed by atoms with van der Waals surface area (Å²) in [5, 5.41) is 0. The van der Waals surface area contributed by atoms with Crippen molar-refractivity contribution >= 4 is 11.1 Å². The molecule has 0 radical (unpaired) electrons. The van der Waals surface area contributed by atoms with Gasteiger partial charge in [0, 0.05) is 11.3 Å². The Labute approximate surface area is 142 Å². The summed E-state index contributed by atoms with van der Waals surface area (Å²) in [5.41, 5.74) is 3.35. The zero-order valence-corrected chi connectivity index (χ0v) is 14.4. The van der Waals surface area contributed by atoms with Crippen LogP contribution < -0.4 is 4.74 Å². The maximum absolute atomic E-state index is 12.6. The van der Waals surface area contributed by atoms with Gasteiger partial charge in [-0.3, -0.25) is 0 Å². The molecular weight excluding hydrogens is 336 g/mol. The lowest BCUT2D eigenvalue weighted by molar-refractivity contribution is -0.0524. The van der Waals surface area contributed by atoms with Crippen LogP contribution in [0.3, 0.4) is 0 Å². The lowest BCUT2D eigenvalue weighted by Crippen LogP contribution is -2.06. The summed E-state index contributed by atoms with van der Waals surface area (Å²) in [6, 6.07) is 8.70. The highest BCUT2D eigenvalue weighted by molar-refractivity contribution is 7.78. The summed E-state index contributed by atoms with van der Waals surface area (Å²) in [4.78, 5) is 4.04. The maximum Gasteiger partial charge on any atom is 0.388 e. The third-order valence-corrected chi connectivity index (χ3v) is 4.12. The van der Waals surface area contributed by atoms with Crippen LogP contribution in [0.5, 0.6) is 5.88 Å². The molecule has 0 saturated carbocycles. The molecule has 1 heterocycles. The Kier molecular flexibility index (Phi) is 6.01. The molecule has 1 N–H and O–H groups in total. The van der Waals surface area contributed by atoms with E-state index in [4.69, 9.17) is 4.55 Å². The molecule has 0 aliphatic heterocycles. The van der Waals surface area contributed by atoms with Crippen molar-refractivity contribution in [1.82, 2.24) is 4.98 Å². The minimum absolute atomic E-state index is 0.0281. The number of aromatic nitrogens is 1. The number of aryl methyl sites for hydroxylation is 1. The average molecular weight is 355 g/mol. The Bertz CT molecular complexity index is 751. The lowest BCUT2D eigenvalue weighted by Gasteiger charge is -2.16. The molecule has 0 aliphatic carbocycles. The maximum atomic E-state index is 12.6. The molecule has 1 aromatic carbocycles. The van der Waals surface area contributed by atoms with Crippen molar-refractivity contribution in [1.29, 1.82) is 0 Å². The molecule has 4 nitrogen and oxygen atoms in total. The van der Waals surface area contributed by atoms with E-state index in [1.165, 1.54) is 0 Å². The second-order valence-electron chi connectivity index (χ2n) is 5.72. The van der Waals surface area contributed by atoms with Crippen molar-refractivity contribution in [2.45, 2.75) is 39.1 Å². The number of benzene rings is 1. The van der Waals surface area contributed by atoms with Gasteiger partial charge in [-0.1, -0.05) is 32.0 Å². The van der Waals surface area contributed by atoms with Crippen LogP contribution in [0.2, 0.25) is 0 Å². The highest BCUT2D eigenvalue weighted by atomic mass is 32.2. The van der Waals surface area contributed by atoms with E-state index in [0.29, 0.717) is 16.8 Å². The first-order valence-corrected chi connectivity index (χ1v) is 8.68. The molecular formula is C17H19F2NO3S.